The first-order valence-electron chi connectivity index (χ1n) is 9.18. The fourth-order valence-electron chi connectivity index (χ4n) is 3.68. The molecule has 0 unspecified atom stereocenters. The van der Waals surface area contributed by atoms with Gasteiger partial charge in [-0.2, -0.15) is 0 Å². The van der Waals surface area contributed by atoms with Crippen molar-refractivity contribution < 1.29 is 0 Å². The molecular formula is C24H23N3. The molecule has 27 heavy (non-hydrogen) atoms. The van der Waals surface area contributed by atoms with E-state index >= 15 is 0 Å². The Morgan fingerprint density at radius 1 is 0.889 bits per heavy atom. The van der Waals surface area contributed by atoms with Crippen molar-refractivity contribution in [1.29, 1.82) is 0 Å². The number of pyridine rings is 1. The van der Waals surface area contributed by atoms with E-state index in [0.29, 0.717) is 0 Å². The summed E-state index contributed by atoms with van der Waals surface area (Å²) < 4.78 is 2.30. The van der Waals surface area contributed by atoms with Gasteiger partial charge in [0.15, 0.2) is 0 Å². The van der Waals surface area contributed by atoms with Gasteiger partial charge in [-0.25, -0.2) is 0 Å². The lowest BCUT2D eigenvalue weighted by molar-refractivity contribution is 0.960. The van der Waals surface area contributed by atoms with E-state index in [2.05, 4.69) is 73.6 Å². The van der Waals surface area contributed by atoms with Crippen LogP contribution in [0.3, 0.4) is 0 Å². The summed E-state index contributed by atoms with van der Waals surface area (Å²) in [4.78, 5) is 9.07. The lowest BCUT2D eigenvalue weighted by atomic mass is 10.1. The van der Waals surface area contributed by atoms with Crippen LogP contribution in [0, 0.1) is 27.7 Å². The zero-order valence-corrected chi connectivity index (χ0v) is 16.2. The number of aryl methyl sites for hydroxylation is 3. The molecule has 3 heteroatoms. The maximum atomic E-state index is 4.70. The number of rotatable bonds is 3. The van der Waals surface area contributed by atoms with Crippen molar-refractivity contribution in [2.75, 3.05) is 0 Å². The van der Waals surface area contributed by atoms with E-state index in [4.69, 9.17) is 4.99 Å². The molecule has 0 fully saturated rings. The van der Waals surface area contributed by atoms with Gasteiger partial charge in [-0.15, -0.1) is 0 Å². The minimum atomic E-state index is 0.937. The van der Waals surface area contributed by atoms with Crippen LogP contribution in [0.1, 0.15) is 28.1 Å². The van der Waals surface area contributed by atoms with E-state index in [9.17, 15) is 0 Å². The van der Waals surface area contributed by atoms with Crippen LogP contribution in [0.2, 0.25) is 0 Å². The van der Waals surface area contributed by atoms with E-state index in [-0.39, 0.29) is 0 Å². The normalized spacial score (nSPS) is 11.6. The van der Waals surface area contributed by atoms with E-state index in [1.165, 1.54) is 28.2 Å². The highest BCUT2D eigenvalue weighted by Crippen LogP contribution is 2.23. The Kier molecular flexibility index (Phi) is 4.36. The van der Waals surface area contributed by atoms with Crippen molar-refractivity contribution in [3.63, 3.8) is 0 Å². The smallest absolute Gasteiger partial charge is 0.0703 e. The molecule has 0 N–H and O–H groups in total. The van der Waals surface area contributed by atoms with Crippen LogP contribution >= 0.6 is 0 Å². The zero-order chi connectivity index (χ0) is 19.0. The van der Waals surface area contributed by atoms with E-state index in [0.717, 1.165) is 22.2 Å². The van der Waals surface area contributed by atoms with Crippen molar-refractivity contribution in [1.82, 2.24) is 9.55 Å². The number of hydrogen-bond acceptors (Lipinski definition) is 2. The largest absolute Gasteiger partial charge is 0.318 e. The fourth-order valence-corrected chi connectivity index (χ4v) is 3.68. The maximum absolute atomic E-state index is 4.70. The monoisotopic (exact) mass is 353 g/mol. The summed E-state index contributed by atoms with van der Waals surface area (Å²) in [6, 6.07) is 19.0. The molecule has 0 amide bonds. The van der Waals surface area contributed by atoms with Crippen molar-refractivity contribution in [3.8, 4) is 5.69 Å². The predicted octanol–water partition coefficient (Wildman–Crippen LogP) is 6.01. The summed E-state index contributed by atoms with van der Waals surface area (Å²) >= 11 is 0. The molecule has 134 valence electrons. The van der Waals surface area contributed by atoms with Gasteiger partial charge in [0.25, 0.3) is 0 Å². The molecule has 0 saturated carbocycles. The first kappa shape index (κ1) is 17.2. The molecule has 0 aliphatic rings. The third-order valence-corrected chi connectivity index (χ3v) is 4.87. The third-order valence-electron chi connectivity index (χ3n) is 4.87. The summed E-state index contributed by atoms with van der Waals surface area (Å²) in [6.07, 6.45) is 3.77. The van der Waals surface area contributed by atoms with Crippen LogP contribution in [0.5, 0.6) is 0 Å². The molecule has 0 radical (unpaired) electrons. The average Bonchev–Trinajstić information content (AvgIpc) is 2.92. The van der Waals surface area contributed by atoms with Gasteiger partial charge in [0.2, 0.25) is 0 Å². The molecular weight excluding hydrogens is 330 g/mol. The maximum Gasteiger partial charge on any atom is 0.0703 e. The van der Waals surface area contributed by atoms with Crippen LogP contribution in [0.15, 0.2) is 65.8 Å². The fraction of sp³-hybridized carbons (Fsp3) is 0.167. The predicted molar refractivity (Wildman–Crippen MR) is 114 cm³/mol. The molecule has 4 rings (SSSR count). The van der Waals surface area contributed by atoms with Gasteiger partial charge in [0, 0.05) is 40.4 Å². The van der Waals surface area contributed by atoms with Gasteiger partial charge < -0.3 is 4.57 Å². The second kappa shape index (κ2) is 6.84. The van der Waals surface area contributed by atoms with Gasteiger partial charge in [0.05, 0.1) is 11.2 Å². The first-order valence-corrected chi connectivity index (χ1v) is 9.18. The van der Waals surface area contributed by atoms with Crippen LogP contribution < -0.4 is 0 Å². The lowest BCUT2D eigenvalue weighted by Gasteiger charge is -2.11. The summed E-state index contributed by atoms with van der Waals surface area (Å²) in [5.74, 6) is 0. The van der Waals surface area contributed by atoms with Gasteiger partial charge >= 0.3 is 0 Å². The Morgan fingerprint density at radius 3 is 2.44 bits per heavy atom. The number of aliphatic imine (C=N–C) groups is 1. The highest BCUT2D eigenvalue weighted by Gasteiger charge is 2.10. The topological polar surface area (TPSA) is 30.2 Å². The molecule has 0 saturated heterocycles. The van der Waals surface area contributed by atoms with Gasteiger partial charge in [0.1, 0.15) is 0 Å². The minimum Gasteiger partial charge on any atom is -0.318 e. The Balaban J connectivity index is 1.71. The van der Waals surface area contributed by atoms with Crippen molar-refractivity contribution in [2.24, 2.45) is 4.99 Å². The second-order valence-electron chi connectivity index (χ2n) is 7.15. The Morgan fingerprint density at radius 2 is 1.67 bits per heavy atom. The van der Waals surface area contributed by atoms with Crippen molar-refractivity contribution in [2.45, 2.75) is 27.7 Å². The lowest BCUT2D eigenvalue weighted by Crippen LogP contribution is -2.00. The SMILES string of the molecule is Cc1cc(C)cc(-n2c(C)cc(C=Nc3ccc4ncccc4c3)c2C)c1. The summed E-state index contributed by atoms with van der Waals surface area (Å²) in [6.45, 7) is 8.57. The van der Waals surface area contributed by atoms with Crippen LogP contribution in [0.4, 0.5) is 5.69 Å². The van der Waals surface area contributed by atoms with E-state index in [1.807, 2.05) is 30.6 Å². The standard InChI is InChI=1S/C24H23N3/c1-16-10-17(2)12-23(11-16)27-18(3)13-21(19(27)4)15-26-22-7-8-24-20(14-22)6-5-9-25-24/h5-15H,1-4H3. The van der Waals surface area contributed by atoms with Gasteiger partial charge in [-0.1, -0.05) is 12.1 Å². The highest BCUT2D eigenvalue weighted by atomic mass is 15.0. The molecule has 0 atom stereocenters. The number of nitrogens with zero attached hydrogens (tertiary/aromatic N) is 3. The average molecular weight is 353 g/mol. The molecule has 2 heterocycles. The molecule has 0 aliphatic heterocycles. The van der Waals surface area contributed by atoms with Gasteiger partial charge in [-0.3, -0.25) is 9.98 Å². The summed E-state index contributed by atoms with van der Waals surface area (Å²) in [7, 11) is 0. The third kappa shape index (κ3) is 3.41. The van der Waals surface area contributed by atoms with E-state index in [1.54, 1.807) is 0 Å². The van der Waals surface area contributed by atoms with Crippen LogP contribution in [-0.4, -0.2) is 15.8 Å². The molecule has 0 spiro atoms. The number of benzene rings is 2. The van der Waals surface area contributed by atoms with Crippen LogP contribution in [0.25, 0.3) is 16.6 Å². The Labute approximate surface area is 160 Å². The number of fused-ring (bicyclic) bond motifs is 1. The summed E-state index contributed by atoms with van der Waals surface area (Å²) in [5, 5.41) is 1.10. The minimum absolute atomic E-state index is 0.937. The van der Waals surface area contributed by atoms with Gasteiger partial charge in [-0.05, 0) is 81.3 Å². The van der Waals surface area contributed by atoms with Crippen molar-refractivity contribution in [3.05, 3.63) is 88.9 Å². The van der Waals surface area contributed by atoms with Crippen LogP contribution in [-0.2, 0) is 0 Å². The zero-order valence-electron chi connectivity index (χ0n) is 16.2. The molecule has 0 bridgehead atoms. The quantitative estimate of drug-likeness (QED) is 0.415. The summed E-state index contributed by atoms with van der Waals surface area (Å²) in [5.41, 5.74) is 9.23. The molecule has 2 aromatic heterocycles. The molecule has 0 aliphatic carbocycles. The Hall–Kier alpha value is -3.20. The number of aromatic nitrogens is 2. The molecule has 2 aromatic carbocycles. The van der Waals surface area contributed by atoms with Crippen molar-refractivity contribution >= 4 is 22.8 Å². The first-order chi connectivity index (χ1) is 13.0. The Bertz CT molecular complexity index is 1150. The second-order valence-corrected chi connectivity index (χ2v) is 7.15. The highest BCUT2D eigenvalue weighted by molar-refractivity contribution is 5.87. The number of hydrogen-bond donors (Lipinski definition) is 0. The molecule has 3 nitrogen and oxygen atoms in total. The molecule has 4 aromatic rings. The van der Waals surface area contributed by atoms with E-state index < -0.39 is 0 Å².